The minimum absolute atomic E-state index is 0.0126. The van der Waals surface area contributed by atoms with Crippen LogP contribution in [0.1, 0.15) is 34.2 Å². The Bertz CT molecular complexity index is 2760. The van der Waals surface area contributed by atoms with E-state index in [1.54, 1.807) is 49.9 Å². The molecular weight excluding hydrogens is 1120 g/mol. The van der Waals surface area contributed by atoms with Crippen LogP contribution in [0, 0.1) is 0 Å². The molecule has 4 aromatic carbocycles. The summed E-state index contributed by atoms with van der Waals surface area (Å²) in [4.78, 5) is 39.4. The predicted molar refractivity (Wildman–Crippen MR) is 325 cm³/mol. The summed E-state index contributed by atoms with van der Waals surface area (Å²) in [6.07, 6.45) is 0.339. The number of hydrogen-bond acceptors (Lipinski definition) is 23. The molecule has 27 heteroatoms. The highest BCUT2D eigenvalue weighted by molar-refractivity contribution is 5.96. The van der Waals surface area contributed by atoms with Crippen LogP contribution in [0.25, 0.3) is 0 Å². The third kappa shape index (κ3) is 22.8. The van der Waals surface area contributed by atoms with E-state index in [4.69, 9.17) is 43.9 Å². The van der Waals surface area contributed by atoms with Gasteiger partial charge >= 0.3 is 0 Å². The normalized spacial score (nSPS) is 11.7. The number of benzene rings is 4. The summed E-state index contributed by atoms with van der Waals surface area (Å²) in [6.45, 7) is 2.68. The first-order valence-electron chi connectivity index (χ1n) is 28.5. The van der Waals surface area contributed by atoms with Gasteiger partial charge in [0.1, 0.15) is 49.4 Å². The Labute approximate surface area is 501 Å². The number of guanidine groups is 2. The standard InChI is InChI=1S/C59H86N12O15/c1-60-55(69(22-29-77)43-49-8-3-5-10-53(49)85-37-33-81)62-56(61-45-66(18-25-73)42-48-7-2-4-9-52(48)84-36-32-80)70(23-30-78)44-50-14-11-47(39-54(50)86-38-34-82)41-71(40-46-12-15-51(16-13-46)83-35-31-79)59-64-57(67(19-26-74)17-6-24-72)63-58(65-59)68(20-27-75)21-28-76/h2-5,7-16,39,72-82H,1,6,17-38,40-45H2/b61-56+,62-55+. The number of para-hydroxylation sites is 2. The van der Waals surface area contributed by atoms with E-state index in [0.29, 0.717) is 46.1 Å². The van der Waals surface area contributed by atoms with Crippen molar-refractivity contribution in [1.29, 1.82) is 0 Å². The Morgan fingerprint density at radius 3 is 1.38 bits per heavy atom. The van der Waals surface area contributed by atoms with Crippen molar-refractivity contribution in [3.8, 4) is 23.0 Å². The summed E-state index contributed by atoms with van der Waals surface area (Å²) >= 11 is 0. The maximum atomic E-state index is 10.8. The molecule has 0 saturated heterocycles. The lowest BCUT2D eigenvalue weighted by molar-refractivity contribution is 0.183. The fraction of sp³-hybridized carbons (Fsp3) is 0.492. The highest BCUT2D eigenvalue weighted by Crippen LogP contribution is 2.29. The quantitative estimate of drug-likeness (QED) is 0.0176. The van der Waals surface area contributed by atoms with Gasteiger partial charge in [-0.2, -0.15) is 19.9 Å². The summed E-state index contributed by atoms with van der Waals surface area (Å²) in [5.74, 6) is 2.58. The van der Waals surface area contributed by atoms with E-state index < -0.39 is 0 Å². The summed E-state index contributed by atoms with van der Waals surface area (Å²) < 4.78 is 23.6. The van der Waals surface area contributed by atoms with Crippen molar-refractivity contribution in [3.05, 3.63) is 119 Å². The van der Waals surface area contributed by atoms with Gasteiger partial charge in [0.2, 0.25) is 29.8 Å². The van der Waals surface area contributed by atoms with Crippen molar-refractivity contribution in [1.82, 2.24) is 29.7 Å². The van der Waals surface area contributed by atoms with Gasteiger partial charge in [0.25, 0.3) is 0 Å². The molecule has 5 rings (SSSR count). The van der Waals surface area contributed by atoms with Crippen LogP contribution >= 0.6 is 0 Å². The topological polar surface area (TPSA) is 355 Å². The lowest BCUT2D eigenvalue weighted by Crippen LogP contribution is -2.38. The zero-order valence-electron chi connectivity index (χ0n) is 48.8. The first-order chi connectivity index (χ1) is 42.1. The first-order valence-corrected chi connectivity index (χ1v) is 28.5. The second kappa shape index (κ2) is 40.1. The van der Waals surface area contributed by atoms with Crippen molar-refractivity contribution in [2.45, 2.75) is 39.1 Å². The van der Waals surface area contributed by atoms with Crippen LogP contribution in [0.3, 0.4) is 0 Å². The van der Waals surface area contributed by atoms with Crippen molar-refractivity contribution >= 4 is 36.5 Å². The monoisotopic (exact) mass is 1200 g/mol. The van der Waals surface area contributed by atoms with Gasteiger partial charge in [-0.05, 0) is 54.6 Å². The minimum atomic E-state index is -0.370. The van der Waals surface area contributed by atoms with Gasteiger partial charge < -0.3 is 99.6 Å². The molecule has 0 saturated carbocycles. The second-order valence-electron chi connectivity index (χ2n) is 19.1. The van der Waals surface area contributed by atoms with E-state index in [1.807, 2.05) is 70.5 Å². The SMILES string of the molecule is C=N/C(=N\C(=N/CN(CCO)Cc1ccccc1OCCO)N(CCO)Cc1ccc(CN(Cc2ccc(OCCO)cc2)c2nc(N(CCO)CCO)nc(N(CCO)CCCO)n2)cc1OCCO)N(CCO)Cc1ccccc1OCCO. The molecule has 1 aromatic heterocycles. The molecule has 0 fully saturated rings. The Morgan fingerprint density at radius 1 is 0.407 bits per heavy atom. The average Bonchev–Trinajstić information content (AvgIpc) is 3.46. The zero-order valence-corrected chi connectivity index (χ0v) is 48.8. The van der Waals surface area contributed by atoms with Crippen LogP contribution in [0.4, 0.5) is 17.8 Å². The highest BCUT2D eigenvalue weighted by atomic mass is 16.5. The van der Waals surface area contributed by atoms with Crippen molar-refractivity contribution in [2.75, 3.05) is 166 Å². The van der Waals surface area contributed by atoms with Gasteiger partial charge in [-0.1, -0.05) is 60.7 Å². The minimum Gasteiger partial charge on any atom is -0.491 e. The molecule has 0 bridgehead atoms. The lowest BCUT2D eigenvalue weighted by atomic mass is 10.1. The molecule has 0 amide bonds. The van der Waals surface area contributed by atoms with Gasteiger partial charge in [-0.15, -0.1) is 0 Å². The van der Waals surface area contributed by atoms with Gasteiger partial charge in [-0.25, -0.2) is 9.98 Å². The van der Waals surface area contributed by atoms with Crippen molar-refractivity contribution < 1.29 is 75.1 Å². The van der Waals surface area contributed by atoms with Gasteiger partial charge in [0.05, 0.1) is 72.7 Å². The molecule has 0 aliphatic carbocycles. The number of aliphatic hydroxyl groups excluding tert-OH is 11. The molecular formula is C59H86N12O15. The summed E-state index contributed by atoms with van der Waals surface area (Å²) in [5.41, 5.74) is 3.54. The van der Waals surface area contributed by atoms with E-state index in [9.17, 15) is 56.2 Å². The number of nitrogens with zero attached hydrogens (tertiary/aromatic N) is 12. The maximum absolute atomic E-state index is 10.8. The molecule has 0 spiro atoms. The summed E-state index contributed by atoms with van der Waals surface area (Å²) in [6, 6.07) is 27.3. The fourth-order valence-electron chi connectivity index (χ4n) is 8.89. The Kier molecular flexibility index (Phi) is 32.3. The number of aliphatic hydroxyl groups is 11. The van der Waals surface area contributed by atoms with Gasteiger partial charge in [-0.3, -0.25) is 4.90 Å². The third-order valence-electron chi connectivity index (χ3n) is 12.9. The third-order valence-corrected chi connectivity index (χ3v) is 12.9. The molecule has 0 atom stereocenters. The molecule has 472 valence electrons. The molecule has 0 aliphatic rings. The average molecular weight is 1200 g/mol. The summed E-state index contributed by atoms with van der Waals surface area (Å²) in [7, 11) is 0. The Hall–Kier alpha value is -7.38. The molecule has 0 unspecified atom stereocenters. The largest absolute Gasteiger partial charge is 0.491 e. The number of rotatable bonds is 42. The lowest BCUT2D eigenvalue weighted by Gasteiger charge is -2.29. The van der Waals surface area contributed by atoms with E-state index in [2.05, 4.69) is 11.7 Å². The van der Waals surface area contributed by atoms with Crippen LogP contribution in [0.5, 0.6) is 23.0 Å². The Balaban J connectivity index is 1.66. The van der Waals surface area contributed by atoms with Gasteiger partial charge in [0, 0.05) is 102 Å². The fourth-order valence-corrected chi connectivity index (χ4v) is 8.89. The molecule has 86 heavy (non-hydrogen) atoms. The smallest absolute Gasteiger partial charge is 0.232 e. The van der Waals surface area contributed by atoms with E-state index in [0.717, 1.165) is 11.1 Å². The molecule has 11 N–H and O–H groups in total. The molecule has 1 heterocycles. The van der Waals surface area contributed by atoms with Crippen LogP contribution in [-0.2, 0) is 32.7 Å². The molecule has 27 nitrogen and oxygen atoms in total. The summed E-state index contributed by atoms with van der Waals surface area (Å²) in [5, 5.41) is 110. The number of hydrogen-bond donors (Lipinski definition) is 11. The Morgan fingerprint density at radius 2 is 0.860 bits per heavy atom. The van der Waals surface area contributed by atoms with Crippen LogP contribution in [0.2, 0.25) is 0 Å². The molecule has 0 radical (unpaired) electrons. The van der Waals surface area contributed by atoms with Crippen molar-refractivity contribution in [2.24, 2.45) is 15.0 Å². The number of aliphatic imine (C=N–C) groups is 3. The second-order valence-corrected chi connectivity index (χ2v) is 19.1. The van der Waals surface area contributed by atoms with Crippen LogP contribution in [0.15, 0.2) is 106 Å². The maximum Gasteiger partial charge on any atom is 0.232 e. The molecule has 0 aliphatic heterocycles. The van der Waals surface area contributed by atoms with Crippen molar-refractivity contribution in [3.63, 3.8) is 0 Å². The number of ether oxygens (including phenoxy) is 4. The first kappa shape index (κ1) is 69.4. The van der Waals surface area contributed by atoms with E-state index >= 15 is 0 Å². The predicted octanol–water partition coefficient (Wildman–Crippen LogP) is -0.312. The van der Waals surface area contributed by atoms with E-state index in [1.165, 1.54) is 0 Å². The molecule has 5 aromatic rings. The number of anilines is 3. The van der Waals surface area contributed by atoms with Gasteiger partial charge in [0.15, 0.2) is 0 Å². The van der Waals surface area contributed by atoms with E-state index in [-0.39, 0.29) is 214 Å². The zero-order chi connectivity index (χ0) is 61.7. The number of aromatic nitrogens is 3. The highest BCUT2D eigenvalue weighted by Gasteiger charge is 2.24. The van der Waals surface area contributed by atoms with Crippen LogP contribution in [-0.4, -0.2) is 256 Å². The van der Waals surface area contributed by atoms with Crippen LogP contribution < -0.4 is 33.6 Å².